The molecule has 0 aliphatic rings. The molecule has 80 valence electrons. The summed E-state index contributed by atoms with van der Waals surface area (Å²) in [5.41, 5.74) is 2.28. The molecule has 0 unspecified atom stereocenters. The molecule has 0 aliphatic carbocycles. The predicted molar refractivity (Wildman–Crippen MR) is 60.7 cm³/mol. The van der Waals surface area contributed by atoms with E-state index in [9.17, 15) is 0 Å². The van der Waals surface area contributed by atoms with Crippen LogP contribution in [0.3, 0.4) is 0 Å². The smallest absolute Gasteiger partial charge is 0.222 e. The summed E-state index contributed by atoms with van der Waals surface area (Å²) < 4.78 is 4.55. The van der Waals surface area contributed by atoms with Gasteiger partial charge in [0.2, 0.25) is 6.20 Å². The van der Waals surface area contributed by atoms with Crippen LogP contribution in [0.4, 0.5) is 0 Å². The molecule has 2 aromatic heterocycles. The van der Waals surface area contributed by atoms with Crippen LogP contribution in [0, 0.1) is 0 Å². The SMILES string of the molecule is CC(C)n1c2cccnc2c[n+]1C(C)C. The molecule has 0 saturated carbocycles. The van der Waals surface area contributed by atoms with Gasteiger partial charge in [0, 0.05) is 6.20 Å². The number of hydrogen-bond donors (Lipinski definition) is 0. The van der Waals surface area contributed by atoms with Crippen LogP contribution in [0.15, 0.2) is 24.5 Å². The minimum absolute atomic E-state index is 0.453. The van der Waals surface area contributed by atoms with Gasteiger partial charge in [0.15, 0.2) is 11.6 Å². The quantitative estimate of drug-likeness (QED) is 0.689. The van der Waals surface area contributed by atoms with E-state index in [0.29, 0.717) is 12.1 Å². The summed E-state index contributed by atoms with van der Waals surface area (Å²) in [7, 11) is 0. The maximum atomic E-state index is 4.39. The molecule has 0 aromatic carbocycles. The van der Waals surface area contributed by atoms with Crippen molar-refractivity contribution in [3.8, 4) is 0 Å². The molecule has 0 saturated heterocycles. The zero-order valence-corrected chi connectivity index (χ0v) is 9.81. The lowest BCUT2D eigenvalue weighted by molar-refractivity contribution is -0.791. The zero-order chi connectivity index (χ0) is 11.0. The van der Waals surface area contributed by atoms with Gasteiger partial charge >= 0.3 is 0 Å². The number of aromatic nitrogens is 3. The first kappa shape index (κ1) is 10.1. The molecule has 15 heavy (non-hydrogen) atoms. The zero-order valence-electron chi connectivity index (χ0n) is 9.81. The first-order valence-electron chi connectivity index (χ1n) is 5.48. The van der Waals surface area contributed by atoms with E-state index in [1.165, 1.54) is 5.52 Å². The van der Waals surface area contributed by atoms with Crippen molar-refractivity contribution < 1.29 is 4.68 Å². The number of nitrogens with zero attached hydrogens (tertiary/aromatic N) is 3. The minimum atomic E-state index is 0.453. The lowest BCUT2D eigenvalue weighted by Gasteiger charge is -2.09. The summed E-state index contributed by atoms with van der Waals surface area (Å²) in [6, 6.07) is 5.03. The van der Waals surface area contributed by atoms with E-state index in [1.807, 2.05) is 12.3 Å². The van der Waals surface area contributed by atoms with Crippen LogP contribution < -0.4 is 4.68 Å². The number of rotatable bonds is 2. The molecule has 3 heteroatoms. The standard InChI is InChI=1S/C12H18N3/c1-9(2)14-8-11-12(6-5-7-13-11)15(14)10(3)4/h5-10H,1-4H3/q+1. The van der Waals surface area contributed by atoms with Crippen LogP contribution >= 0.6 is 0 Å². The van der Waals surface area contributed by atoms with Crippen LogP contribution in [-0.4, -0.2) is 9.67 Å². The van der Waals surface area contributed by atoms with E-state index in [1.54, 1.807) is 0 Å². The van der Waals surface area contributed by atoms with Crippen molar-refractivity contribution in [1.82, 2.24) is 9.67 Å². The largest absolute Gasteiger partial charge is 0.248 e. The summed E-state index contributed by atoms with van der Waals surface area (Å²) >= 11 is 0. The second-order valence-corrected chi connectivity index (χ2v) is 4.45. The molecule has 2 rings (SSSR count). The average Bonchev–Trinajstić information content (AvgIpc) is 2.56. The highest BCUT2D eigenvalue weighted by Crippen LogP contribution is 2.15. The van der Waals surface area contributed by atoms with Gasteiger partial charge in [-0.25, -0.2) is 4.98 Å². The maximum absolute atomic E-state index is 4.39. The van der Waals surface area contributed by atoms with Gasteiger partial charge in [-0.3, -0.25) is 0 Å². The summed E-state index contributed by atoms with van der Waals surface area (Å²) in [5, 5.41) is 0. The monoisotopic (exact) mass is 204 g/mol. The van der Waals surface area contributed by atoms with E-state index >= 15 is 0 Å². The van der Waals surface area contributed by atoms with Crippen LogP contribution in [0.5, 0.6) is 0 Å². The van der Waals surface area contributed by atoms with Gasteiger partial charge in [0.1, 0.15) is 5.52 Å². The summed E-state index contributed by atoms with van der Waals surface area (Å²) in [6.07, 6.45) is 3.97. The highest BCUT2D eigenvalue weighted by Gasteiger charge is 2.20. The molecule has 0 atom stereocenters. The molecule has 2 aromatic rings. The molecule has 0 N–H and O–H groups in total. The molecule has 0 bridgehead atoms. The van der Waals surface area contributed by atoms with Gasteiger partial charge in [0.05, 0.1) is 6.04 Å². The Labute approximate surface area is 90.3 Å². The maximum Gasteiger partial charge on any atom is 0.222 e. The van der Waals surface area contributed by atoms with Gasteiger partial charge in [-0.05, 0) is 39.8 Å². The predicted octanol–water partition coefficient (Wildman–Crippen LogP) is 2.49. The Balaban J connectivity index is 2.75. The van der Waals surface area contributed by atoms with Crippen LogP contribution in [0.1, 0.15) is 39.8 Å². The van der Waals surface area contributed by atoms with Gasteiger partial charge in [-0.15, -0.1) is 9.36 Å². The minimum Gasteiger partial charge on any atom is -0.248 e. The molecule has 2 heterocycles. The van der Waals surface area contributed by atoms with E-state index < -0.39 is 0 Å². The third-order valence-electron chi connectivity index (χ3n) is 2.58. The Hall–Kier alpha value is -1.38. The first-order chi connectivity index (χ1) is 7.11. The second kappa shape index (κ2) is 3.65. The van der Waals surface area contributed by atoms with Crippen LogP contribution in [0.25, 0.3) is 11.0 Å². The molecule has 0 aliphatic heterocycles. The van der Waals surface area contributed by atoms with Gasteiger partial charge in [-0.1, -0.05) is 0 Å². The van der Waals surface area contributed by atoms with Crippen molar-refractivity contribution >= 4 is 11.0 Å². The molecule has 0 spiro atoms. The van der Waals surface area contributed by atoms with Gasteiger partial charge < -0.3 is 0 Å². The van der Waals surface area contributed by atoms with Crippen molar-refractivity contribution in [3.05, 3.63) is 24.5 Å². The Morgan fingerprint density at radius 1 is 1.27 bits per heavy atom. The Bertz CT molecular complexity index is 469. The lowest BCUT2D eigenvalue weighted by atomic mass is 10.3. The molecule has 0 amide bonds. The second-order valence-electron chi connectivity index (χ2n) is 4.45. The summed E-state index contributed by atoms with van der Waals surface area (Å²) in [6.45, 7) is 8.78. The van der Waals surface area contributed by atoms with Gasteiger partial charge in [0.25, 0.3) is 0 Å². The molecule has 3 nitrogen and oxygen atoms in total. The van der Waals surface area contributed by atoms with Crippen molar-refractivity contribution in [2.24, 2.45) is 0 Å². The van der Waals surface area contributed by atoms with Crippen molar-refractivity contribution in [3.63, 3.8) is 0 Å². The molecular formula is C12H18N3+. The number of hydrogen-bond acceptors (Lipinski definition) is 1. The molecular weight excluding hydrogens is 186 g/mol. The highest BCUT2D eigenvalue weighted by atomic mass is 15.4. The van der Waals surface area contributed by atoms with E-state index in [-0.39, 0.29) is 0 Å². The third-order valence-corrected chi connectivity index (χ3v) is 2.58. The van der Waals surface area contributed by atoms with E-state index in [4.69, 9.17) is 0 Å². The number of pyridine rings is 1. The summed E-state index contributed by atoms with van der Waals surface area (Å²) in [4.78, 5) is 4.39. The van der Waals surface area contributed by atoms with Crippen molar-refractivity contribution in [2.45, 2.75) is 39.8 Å². The van der Waals surface area contributed by atoms with E-state index in [0.717, 1.165) is 5.52 Å². The lowest BCUT2D eigenvalue weighted by Crippen LogP contribution is -2.45. The van der Waals surface area contributed by atoms with Crippen LogP contribution in [-0.2, 0) is 0 Å². The summed E-state index contributed by atoms with van der Waals surface area (Å²) in [5.74, 6) is 0. The fourth-order valence-corrected chi connectivity index (χ4v) is 1.96. The van der Waals surface area contributed by atoms with E-state index in [2.05, 4.69) is 54.3 Å². The highest BCUT2D eigenvalue weighted by molar-refractivity contribution is 5.72. The van der Waals surface area contributed by atoms with Crippen molar-refractivity contribution in [1.29, 1.82) is 0 Å². The molecule has 0 fully saturated rings. The topological polar surface area (TPSA) is 21.7 Å². The van der Waals surface area contributed by atoms with Crippen molar-refractivity contribution in [2.75, 3.05) is 0 Å². The Morgan fingerprint density at radius 2 is 2.00 bits per heavy atom. The Kier molecular flexibility index (Phi) is 2.47. The van der Waals surface area contributed by atoms with Gasteiger partial charge in [-0.2, -0.15) is 0 Å². The Morgan fingerprint density at radius 3 is 2.60 bits per heavy atom. The molecule has 0 radical (unpaired) electrons. The fourth-order valence-electron chi connectivity index (χ4n) is 1.96. The normalized spacial score (nSPS) is 11.9. The fraction of sp³-hybridized carbons (Fsp3) is 0.500. The van der Waals surface area contributed by atoms with Crippen LogP contribution in [0.2, 0.25) is 0 Å². The first-order valence-corrected chi connectivity index (χ1v) is 5.48. The number of fused-ring (bicyclic) bond motifs is 1. The third kappa shape index (κ3) is 1.62. The average molecular weight is 204 g/mol.